The molecule has 0 spiro atoms. The van der Waals surface area contributed by atoms with Crippen LogP contribution in [0.4, 0.5) is 17.3 Å². The third-order valence-electron chi connectivity index (χ3n) is 7.97. The van der Waals surface area contributed by atoms with Gasteiger partial charge in [-0.25, -0.2) is 15.0 Å². The van der Waals surface area contributed by atoms with E-state index in [0.29, 0.717) is 42.2 Å². The van der Waals surface area contributed by atoms with Gasteiger partial charge in [-0.05, 0) is 56.0 Å². The van der Waals surface area contributed by atoms with Crippen LogP contribution in [0, 0.1) is 5.92 Å². The Morgan fingerprint density at radius 3 is 2.76 bits per heavy atom. The Morgan fingerprint density at radius 2 is 1.95 bits per heavy atom. The Bertz CT molecular complexity index is 1650. The number of imidazole rings is 1. The van der Waals surface area contributed by atoms with Crippen molar-refractivity contribution in [2.24, 2.45) is 5.92 Å². The van der Waals surface area contributed by atoms with Gasteiger partial charge in [0.15, 0.2) is 5.65 Å². The molecule has 2 aliphatic carbocycles. The van der Waals surface area contributed by atoms with Crippen LogP contribution in [-0.2, 0) is 16.1 Å². The van der Waals surface area contributed by atoms with E-state index in [2.05, 4.69) is 37.8 Å². The van der Waals surface area contributed by atoms with E-state index in [1.165, 1.54) is 24.7 Å². The number of pyridine rings is 2. The van der Waals surface area contributed by atoms with E-state index in [1.54, 1.807) is 18.3 Å². The molecule has 2 atom stereocenters. The van der Waals surface area contributed by atoms with Crippen molar-refractivity contribution in [1.82, 2.24) is 29.2 Å². The van der Waals surface area contributed by atoms with Gasteiger partial charge in [0.1, 0.15) is 18.0 Å². The fourth-order valence-electron chi connectivity index (χ4n) is 5.48. The minimum atomic E-state index is -0.160. The van der Waals surface area contributed by atoms with Crippen molar-refractivity contribution in [3.8, 4) is 0 Å². The summed E-state index contributed by atoms with van der Waals surface area (Å²) in [6.07, 6.45) is 10.3. The number of anilines is 3. The highest BCUT2D eigenvalue weighted by molar-refractivity contribution is 6.30. The highest BCUT2D eigenvalue weighted by atomic mass is 35.5. The zero-order chi connectivity index (χ0) is 28.1. The zero-order valence-corrected chi connectivity index (χ0v) is 23.4. The Labute approximate surface area is 242 Å². The highest BCUT2D eigenvalue weighted by Gasteiger charge is 2.45. The van der Waals surface area contributed by atoms with Gasteiger partial charge >= 0.3 is 0 Å². The third-order valence-corrected chi connectivity index (χ3v) is 8.21. The molecule has 41 heavy (non-hydrogen) atoms. The quantitative estimate of drug-likeness (QED) is 0.328. The first-order valence-electron chi connectivity index (χ1n) is 13.9. The summed E-state index contributed by atoms with van der Waals surface area (Å²) in [6.45, 7) is 2.30. The average Bonchev–Trinajstić information content (AvgIpc) is 3.88. The number of carbonyl (C=O) groups is 2. The van der Waals surface area contributed by atoms with Crippen LogP contribution in [0.1, 0.15) is 48.0 Å². The van der Waals surface area contributed by atoms with Crippen LogP contribution in [0.3, 0.4) is 0 Å². The van der Waals surface area contributed by atoms with Crippen LogP contribution in [-0.4, -0.2) is 67.7 Å². The monoisotopic (exact) mass is 571 g/mol. The zero-order valence-electron chi connectivity index (χ0n) is 22.6. The number of rotatable bonds is 8. The minimum absolute atomic E-state index is 0.0645. The molecule has 7 rings (SSSR count). The topological polar surface area (TPSA) is 121 Å². The predicted octanol–water partition coefficient (Wildman–Crippen LogP) is 3.68. The van der Waals surface area contributed by atoms with Crippen LogP contribution in [0.15, 0.2) is 49.2 Å². The van der Waals surface area contributed by atoms with E-state index in [4.69, 9.17) is 16.6 Å². The predicted molar refractivity (Wildman–Crippen MR) is 155 cm³/mol. The summed E-state index contributed by atoms with van der Waals surface area (Å²) in [5.41, 5.74) is 4.54. The van der Waals surface area contributed by atoms with Gasteiger partial charge in [-0.2, -0.15) is 0 Å². The first-order valence-corrected chi connectivity index (χ1v) is 14.3. The number of halogens is 1. The molecular weight excluding hydrogens is 542 g/mol. The highest BCUT2D eigenvalue weighted by Crippen LogP contribution is 2.47. The molecule has 1 aliphatic heterocycles. The third kappa shape index (κ3) is 5.47. The number of amides is 2. The Hall–Kier alpha value is -4.09. The molecule has 11 nitrogen and oxygen atoms in total. The standard InChI is InChI=1S/C29H30ClN9O2/c1-37-6-7-39(27(40)15-37)24-8-18(17-2-3-17)13-38-14-20(35-28(24)38)12-32-25-11-26(34-16-33-25)36-29(41)22-10-21(22)23-9-19(30)4-5-31-23/h4-5,8-9,11,13-14,16-17,21-22H,2-3,6-7,10,12,15H2,1H3,(H2,32,33,34,36,41)/t21-,22-/m0/s1. The number of nitrogens with one attached hydrogen (secondary N) is 2. The molecule has 0 radical (unpaired) electrons. The molecule has 3 aliphatic rings. The molecule has 0 aromatic carbocycles. The Kier molecular flexibility index (Phi) is 6.55. The van der Waals surface area contributed by atoms with Gasteiger partial charge in [0.2, 0.25) is 11.8 Å². The first kappa shape index (κ1) is 25.8. The van der Waals surface area contributed by atoms with E-state index in [1.807, 2.05) is 33.5 Å². The SMILES string of the molecule is CN1CCN(c2cc(C3CC3)cn3cc(CNc4cc(NC(=O)[C@H]5C[C@@H]5c5cc(Cl)ccn5)ncn4)nc23)C(=O)C1. The minimum Gasteiger partial charge on any atom is -0.364 e. The lowest BCUT2D eigenvalue weighted by Gasteiger charge is -2.32. The van der Waals surface area contributed by atoms with Crippen LogP contribution in [0.5, 0.6) is 0 Å². The molecule has 4 aromatic rings. The van der Waals surface area contributed by atoms with E-state index in [9.17, 15) is 9.59 Å². The van der Waals surface area contributed by atoms with Gasteiger partial charge in [0.05, 0.1) is 24.5 Å². The van der Waals surface area contributed by atoms with Crippen LogP contribution >= 0.6 is 11.6 Å². The smallest absolute Gasteiger partial charge is 0.241 e. The maximum atomic E-state index is 12.9. The number of nitrogens with zero attached hydrogens (tertiary/aromatic N) is 7. The van der Waals surface area contributed by atoms with E-state index in [-0.39, 0.29) is 23.7 Å². The van der Waals surface area contributed by atoms with Gasteiger partial charge in [0, 0.05) is 60.3 Å². The van der Waals surface area contributed by atoms with Crippen LogP contribution < -0.4 is 15.5 Å². The normalized spacial score (nSPS) is 20.8. The second kappa shape index (κ2) is 10.4. The van der Waals surface area contributed by atoms with Crippen molar-refractivity contribution in [1.29, 1.82) is 0 Å². The number of carbonyl (C=O) groups excluding carboxylic acids is 2. The number of aromatic nitrogens is 5. The molecule has 2 N–H and O–H groups in total. The second-order valence-electron chi connectivity index (χ2n) is 11.2. The van der Waals surface area contributed by atoms with Crippen molar-refractivity contribution < 1.29 is 9.59 Å². The maximum Gasteiger partial charge on any atom is 0.241 e. The average molecular weight is 572 g/mol. The molecular formula is C29H30ClN9O2. The molecule has 2 saturated carbocycles. The first-order chi connectivity index (χ1) is 19.9. The van der Waals surface area contributed by atoms with Crippen LogP contribution in [0.2, 0.25) is 5.02 Å². The van der Waals surface area contributed by atoms with Crippen molar-refractivity contribution in [3.05, 3.63) is 71.2 Å². The number of piperazine rings is 1. The molecule has 210 valence electrons. The van der Waals surface area contributed by atoms with Crippen molar-refractivity contribution >= 4 is 46.4 Å². The maximum absolute atomic E-state index is 12.9. The molecule has 3 fully saturated rings. The molecule has 4 aromatic heterocycles. The van der Waals surface area contributed by atoms with Crippen molar-refractivity contribution in [2.45, 2.75) is 37.6 Å². The fraction of sp³-hybridized carbons (Fsp3) is 0.379. The van der Waals surface area contributed by atoms with Crippen molar-refractivity contribution in [2.75, 3.05) is 42.2 Å². The lowest BCUT2D eigenvalue weighted by molar-refractivity contribution is -0.121. The summed E-state index contributed by atoms with van der Waals surface area (Å²) in [7, 11) is 1.97. The van der Waals surface area contributed by atoms with E-state index < -0.39 is 0 Å². The summed E-state index contributed by atoms with van der Waals surface area (Å²) in [5, 5.41) is 6.81. The molecule has 12 heteroatoms. The van der Waals surface area contributed by atoms with Crippen LogP contribution in [0.25, 0.3) is 5.65 Å². The number of likely N-dealkylation sites (N-methyl/N-ethyl adjacent to an activating group) is 1. The molecule has 5 heterocycles. The van der Waals surface area contributed by atoms with Gasteiger partial charge in [0.25, 0.3) is 0 Å². The van der Waals surface area contributed by atoms with Gasteiger partial charge in [-0.15, -0.1) is 0 Å². The van der Waals surface area contributed by atoms with Gasteiger partial charge in [-0.3, -0.25) is 19.5 Å². The Morgan fingerprint density at radius 1 is 1.10 bits per heavy atom. The molecule has 0 bridgehead atoms. The lowest BCUT2D eigenvalue weighted by Crippen LogP contribution is -2.49. The number of hydrogen-bond acceptors (Lipinski definition) is 8. The summed E-state index contributed by atoms with van der Waals surface area (Å²) >= 11 is 6.08. The molecule has 1 saturated heterocycles. The van der Waals surface area contributed by atoms with Crippen molar-refractivity contribution in [3.63, 3.8) is 0 Å². The molecule has 0 unspecified atom stereocenters. The lowest BCUT2D eigenvalue weighted by atomic mass is 10.1. The largest absolute Gasteiger partial charge is 0.364 e. The van der Waals surface area contributed by atoms with E-state index in [0.717, 1.165) is 35.7 Å². The summed E-state index contributed by atoms with van der Waals surface area (Å²) < 4.78 is 2.04. The van der Waals surface area contributed by atoms with Gasteiger partial charge < -0.3 is 19.9 Å². The molecule has 2 amide bonds. The second-order valence-corrected chi connectivity index (χ2v) is 11.6. The Balaban J connectivity index is 1.04. The summed E-state index contributed by atoms with van der Waals surface area (Å²) in [5.74, 6) is 1.45. The summed E-state index contributed by atoms with van der Waals surface area (Å²) in [6, 6.07) is 7.39. The summed E-state index contributed by atoms with van der Waals surface area (Å²) in [4.78, 5) is 47.4. The van der Waals surface area contributed by atoms with E-state index >= 15 is 0 Å². The number of fused-ring (bicyclic) bond motifs is 1. The number of hydrogen-bond donors (Lipinski definition) is 2. The fourth-order valence-corrected chi connectivity index (χ4v) is 5.65. The van der Waals surface area contributed by atoms with Gasteiger partial charge in [-0.1, -0.05) is 11.6 Å².